The van der Waals surface area contributed by atoms with Crippen molar-refractivity contribution in [3.8, 4) is 5.75 Å². The zero-order valence-electron chi connectivity index (χ0n) is 14.4. The van der Waals surface area contributed by atoms with E-state index in [0.29, 0.717) is 34.2 Å². The number of H-pyrrole nitrogens is 1. The second-order valence-corrected chi connectivity index (χ2v) is 6.20. The number of imide groups is 1. The smallest absolute Gasteiger partial charge is 0.273 e. The number of rotatable bonds is 5. The van der Waals surface area contributed by atoms with Crippen LogP contribution in [0.2, 0.25) is 0 Å². The van der Waals surface area contributed by atoms with Gasteiger partial charge in [-0.2, -0.15) is 0 Å². The van der Waals surface area contributed by atoms with Gasteiger partial charge in [-0.25, -0.2) is 0 Å². The first-order chi connectivity index (χ1) is 13.0. The molecule has 0 atom stereocenters. The van der Waals surface area contributed by atoms with E-state index in [2.05, 4.69) is 4.98 Å². The predicted molar refractivity (Wildman–Crippen MR) is 97.0 cm³/mol. The molecule has 0 aliphatic carbocycles. The fourth-order valence-electron chi connectivity index (χ4n) is 3.39. The highest BCUT2D eigenvalue weighted by molar-refractivity contribution is 6.21. The molecule has 4 rings (SSSR count). The van der Waals surface area contributed by atoms with E-state index in [1.807, 2.05) is 0 Å². The molecule has 0 unspecified atom stereocenters. The van der Waals surface area contributed by atoms with E-state index in [9.17, 15) is 19.7 Å². The number of nitro benzene ring substituents is 1. The van der Waals surface area contributed by atoms with Gasteiger partial charge in [0, 0.05) is 24.2 Å². The quantitative estimate of drug-likeness (QED) is 0.425. The molecule has 1 aromatic heterocycles. The lowest BCUT2D eigenvalue weighted by atomic mass is 10.1. The number of non-ortho nitro benzene ring substituents is 1. The summed E-state index contributed by atoms with van der Waals surface area (Å²) < 4.78 is 5.23. The van der Waals surface area contributed by atoms with Crippen molar-refractivity contribution in [1.82, 2.24) is 9.88 Å². The van der Waals surface area contributed by atoms with Crippen molar-refractivity contribution in [3.63, 3.8) is 0 Å². The van der Waals surface area contributed by atoms with Gasteiger partial charge >= 0.3 is 0 Å². The van der Waals surface area contributed by atoms with Crippen LogP contribution in [0.1, 0.15) is 26.3 Å². The number of nitrogens with one attached hydrogen (secondary N) is 1. The van der Waals surface area contributed by atoms with E-state index in [1.54, 1.807) is 30.5 Å². The van der Waals surface area contributed by atoms with Gasteiger partial charge in [0.05, 0.1) is 34.7 Å². The zero-order valence-corrected chi connectivity index (χ0v) is 14.4. The Morgan fingerprint density at radius 3 is 2.41 bits per heavy atom. The molecule has 1 N–H and O–H groups in total. The predicted octanol–water partition coefficient (Wildman–Crippen LogP) is 2.92. The molecule has 8 heteroatoms. The van der Waals surface area contributed by atoms with Crippen LogP contribution in [-0.4, -0.2) is 40.3 Å². The Balaban J connectivity index is 1.64. The molecule has 0 fully saturated rings. The van der Waals surface area contributed by atoms with E-state index in [0.717, 1.165) is 5.56 Å². The molecular formula is C19H15N3O5. The molecule has 1 aliphatic rings. The first-order valence-corrected chi connectivity index (χ1v) is 8.29. The van der Waals surface area contributed by atoms with Crippen LogP contribution in [-0.2, 0) is 6.42 Å². The van der Waals surface area contributed by atoms with Crippen molar-refractivity contribution in [3.05, 3.63) is 69.4 Å². The number of amides is 2. The number of hydrogen-bond acceptors (Lipinski definition) is 5. The summed E-state index contributed by atoms with van der Waals surface area (Å²) in [5.74, 6) is -0.274. The van der Waals surface area contributed by atoms with Gasteiger partial charge in [-0.15, -0.1) is 0 Å². The lowest BCUT2D eigenvalue weighted by Crippen LogP contribution is -2.31. The highest BCUT2D eigenvalue weighted by Gasteiger charge is 2.34. The Morgan fingerprint density at radius 1 is 1.15 bits per heavy atom. The summed E-state index contributed by atoms with van der Waals surface area (Å²) in [4.78, 5) is 39.9. The number of carbonyl (C=O) groups is 2. The number of benzene rings is 2. The molecule has 136 valence electrons. The van der Waals surface area contributed by atoms with Crippen LogP contribution in [0.4, 0.5) is 5.69 Å². The lowest BCUT2D eigenvalue weighted by Gasteiger charge is -2.13. The Kier molecular flexibility index (Phi) is 3.88. The van der Waals surface area contributed by atoms with Gasteiger partial charge in [0.1, 0.15) is 5.75 Å². The Labute approximate surface area is 153 Å². The average Bonchev–Trinajstić information content (AvgIpc) is 3.19. The third-order valence-corrected chi connectivity index (χ3v) is 4.74. The maximum absolute atomic E-state index is 12.5. The van der Waals surface area contributed by atoms with Crippen LogP contribution < -0.4 is 4.74 Å². The van der Waals surface area contributed by atoms with Gasteiger partial charge in [0.2, 0.25) is 0 Å². The number of carbonyl (C=O) groups excluding carboxylic acids is 2. The van der Waals surface area contributed by atoms with Crippen molar-refractivity contribution in [2.24, 2.45) is 0 Å². The largest absolute Gasteiger partial charge is 0.494 e. The van der Waals surface area contributed by atoms with Crippen LogP contribution in [0.3, 0.4) is 0 Å². The van der Waals surface area contributed by atoms with E-state index in [1.165, 1.54) is 24.1 Å². The minimum atomic E-state index is -0.483. The third kappa shape index (κ3) is 2.62. The molecule has 1 aliphatic heterocycles. The van der Waals surface area contributed by atoms with E-state index in [-0.39, 0.29) is 24.0 Å². The normalized spacial score (nSPS) is 13.3. The highest BCUT2D eigenvalue weighted by atomic mass is 16.6. The number of ether oxygens (including phenoxy) is 1. The Hall–Kier alpha value is -3.68. The number of methoxy groups -OCH3 is 1. The average molecular weight is 365 g/mol. The maximum atomic E-state index is 12.5. The van der Waals surface area contributed by atoms with E-state index < -0.39 is 4.92 Å². The number of aromatic nitrogens is 1. The zero-order chi connectivity index (χ0) is 19.1. The second kappa shape index (κ2) is 6.24. The first-order valence-electron chi connectivity index (χ1n) is 8.29. The minimum Gasteiger partial charge on any atom is -0.494 e. The number of fused-ring (bicyclic) bond motifs is 2. The second-order valence-electron chi connectivity index (χ2n) is 6.20. The number of hydrogen-bond donors (Lipinski definition) is 1. The van der Waals surface area contributed by atoms with Gasteiger partial charge in [-0.1, -0.05) is 12.1 Å². The molecule has 3 aromatic rings. The molecule has 27 heavy (non-hydrogen) atoms. The Bertz CT molecular complexity index is 1070. The molecule has 2 aromatic carbocycles. The van der Waals surface area contributed by atoms with Crippen molar-refractivity contribution < 1.29 is 19.2 Å². The van der Waals surface area contributed by atoms with Gasteiger partial charge in [0.15, 0.2) is 0 Å². The highest BCUT2D eigenvalue weighted by Crippen LogP contribution is 2.33. The van der Waals surface area contributed by atoms with E-state index in [4.69, 9.17) is 4.74 Å². The molecule has 2 amide bonds. The summed E-state index contributed by atoms with van der Waals surface area (Å²) in [6.45, 7) is 0.185. The number of nitrogens with zero attached hydrogens (tertiary/aromatic N) is 2. The lowest BCUT2D eigenvalue weighted by molar-refractivity contribution is -0.384. The van der Waals surface area contributed by atoms with Gasteiger partial charge in [-0.05, 0) is 24.1 Å². The monoisotopic (exact) mass is 365 g/mol. The summed E-state index contributed by atoms with van der Waals surface area (Å²) in [6.07, 6.45) is 2.09. The fourth-order valence-corrected chi connectivity index (χ4v) is 3.39. The summed E-state index contributed by atoms with van der Waals surface area (Å²) in [6, 6.07) is 9.53. The number of nitro groups is 1. The molecule has 2 heterocycles. The van der Waals surface area contributed by atoms with E-state index >= 15 is 0 Å². The number of aromatic amines is 1. The minimum absolute atomic E-state index is 0.0825. The van der Waals surface area contributed by atoms with Crippen LogP contribution in [0.15, 0.2) is 42.6 Å². The standard InChI is InChI=1S/C19H15N3O5/c1-27-16-9-12(22(25)26)8-15-11(10-20-17(15)16)6-7-21-18(23)13-4-2-3-5-14(13)19(21)24/h2-5,8-10,20H,6-7H2,1H3. The SMILES string of the molecule is COc1cc([N+](=O)[O-])cc2c(CCN3C(=O)c4ccccc4C3=O)c[nH]c12. The van der Waals surface area contributed by atoms with Crippen LogP contribution >= 0.6 is 0 Å². The molecule has 0 radical (unpaired) electrons. The molecule has 8 nitrogen and oxygen atoms in total. The van der Waals surface area contributed by atoms with Crippen molar-refractivity contribution in [2.45, 2.75) is 6.42 Å². The van der Waals surface area contributed by atoms with Crippen molar-refractivity contribution >= 4 is 28.4 Å². The molecule has 0 bridgehead atoms. The van der Waals surface area contributed by atoms with Gasteiger partial charge < -0.3 is 9.72 Å². The summed E-state index contributed by atoms with van der Waals surface area (Å²) in [7, 11) is 1.44. The van der Waals surface area contributed by atoms with Crippen molar-refractivity contribution in [2.75, 3.05) is 13.7 Å². The maximum Gasteiger partial charge on any atom is 0.273 e. The summed E-state index contributed by atoms with van der Waals surface area (Å²) >= 11 is 0. The third-order valence-electron chi connectivity index (χ3n) is 4.74. The molecule has 0 spiro atoms. The van der Waals surface area contributed by atoms with Crippen LogP contribution in [0.5, 0.6) is 5.75 Å². The Morgan fingerprint density at radius 2 is 1.81 bits per heavy atom. The van der Waals surface area contributed by atoms with Gasteiger partial charge in [-0.3, -0.25) is 24.6 Å². The summed E-state index contributed by atoms with van der Waals surface area (Å²) in [5, 5.41) is 11.8. The molecule has 0 saturated heterocycles. The summed E-state index contributed by atoms with van der Waals surface area (Å²) in [5.41, 5.74) is 2.13. The molecule has 0 saturated carbocycles. The van der Waals surface area contributed by atoms with Crippen LogP contribution in [0.25, 0.3) is 10.9 Å². The first kappa shape index (κ1) is 16.8. The fraction of sp³-hybridized carbons (Fsp3) is 0.158. The molecular weight excluding hydrogens is 350 g/mol. The van der Waals surface area contributed by atoms with Crippen LogP contribution in [0, 0.1) is 10.1 Å². The van der Waals surface area contributed by atoms with Crippen molar-refractivity contribution in [1.29, 1.82) is 0 Å². The topological polar surface area (TPSA) is 106 Å². The van der Waals surface area contributed by atoms with Gasteiger partial charge in [0.25, 0.3) is 17.5 Å².